The first-order valence-corrected chi connectivity index (χ1v) is 13.5. The second-order valence-electron chi connectivity index (χ2n) is 7.30. The number of nitrogens with zero attached hydrogens (tertiary/aromatic N) is 2. The largest absolute Gasteiger partial charge is 0.497 e. The number of oxime groups is 2. The lowest BCUT2D eigenvalue weighted by molar-refractivity contribution is -0.115. The van der Waals surface area contributed by atoms with Crippen LogP contribution in [0.2, 0.25) is 0 Å². The van der Waals surface area contributed by atoms with Gasteiger partial charge >= 0.3 is 0 Å². The fourth-order valence-corrected chi connectivity index (χ4v) is 4.74. The topological polar surface area (TPSA) is 142 Å². The molecule has 0 atom stereocenters. The Morgan fingerprint density at radius 1 is 0.722 bits per heavy atom. The lowest BCUT2D eigenvalue weighted by Gasteiger charge is -2.08. The zero-order chi connectivity index (χ0) is 26.2. The van der Waals surface area contributed by atoms with Gasteiger partial charge in [-0.2, -0.15) is 0 Å². The van der Waals surface area contributed by atoms with E-state index in [0.717, 1.165) is 11.1 Å². The maximum atomic E-state index is 12.2. The number of benzene rings is 2. The van der Waals surface area contributed by atoms with Crippen molar-refractivity contribution < 1.29 is 29.5 Å². The van der Waals surface area contributed by atoms with Crippen molar-refractivity contribution in [1.82, 2.24) is 10.6 Å². The molecular weight excluding hydrogens is 504 g/mol. The number of methoxy groups -OCH3 is 2. The number of ether oxygens (including phenoxy) is 2. The Bertz CT molecular complexity index is 946. The lowest BCUT2D eigenvalue weighted by Crippen LogP contribution is -2.34. The van der Waals surface area contributed by atoms with Gasteiger partial charge in [0.25, 0.3) is 11.8 Å². The van der Waals surface area contributed by atoms with E-state index in [4.69, 9.17) is 9.47 Å². The third-order valence-electron chi connectivity index (χ3n) is 4.85. The van der Waals surface area contributed by atoms with Gasteiger partial charge in [0.1, 0.15) is 22.9 Å². The number of rotatable bonds is 15. The molecule has 0 heterocycles. The molecule has 10 nitrogen and oxygen atoms in total. The summed E-state index contributed by atoms with van der Waals surface area (Å²) in [5.74, 6) is 1.81. The summed E-state index contributed by atoms with van der Waals surface area (Å²) < 4.78 is 10.2. The first-order valence-electron chi connectivity index (χ1n) is 11.0. The third-order valence-corrected chi connectivity index (χ3v) is 7.26. The Morgan fingerprint density at radius 3 is 1.39 bits per heavy atom. The van der Waals surface area contributed by atoms with E-state index in [9.17, 15) is 20.0 Å². The summed E-state index contributed by atoms with van der Waals surface area (Å²) >= 11 is 0. The van der Waals surface area contributed by atoms with E-state index in [1.807, 2.05) is 0 Å². The molecule has 2 aromatic carbocycles. The van der Waals surface area contributed by atoms with Crippen LogP contribution in [-0.2, 0) is 22.4 Å². The van der Waals surface area contributed by atoms with Crippen LogP contribution in [0.15, 0.2) is 58.8 Å². The van der Waals surface area contributed by atoms with Crippen molar-refractivity contribution in [1.29, 1.82) is 0 Å². The molecule has 0 aliphatic carbocycles. The summed E-state index contributed by atoms with van der Waals surface area (Å²) in [6, 6.07) is 14.3. The number of hydrogen-bond acceptors (Lipinski definition) is 10. The maximum Gasteiger partial charge on any atom is 0.269 e. The van der Waals surface area contributed by atoms with Gasteiger partial charge in [0.15, 0.2) is 0 Å². The lowest BCUT2D eigenvalue weighted by atomic mass is 10.1. The summed E-state index contributed by atoms with van der Waals surface area (Å²) in [7, 11) is 6.22. The molecule has 0 fully saturated rings. The molecule has 2 rings (SSSR count). The summed E-state index contributed by atoms with van der Waals surface area (Å²) in [4.78, 5) is 24.5. The quantitative estimate of drug-likeness (QED) is 0.0899. The maximum absolute atomic E-state index is 12.2. The highest BCUT2D eigenvalue weighted by molar-refractivity contribution is 8.76. The Labute approximate surface area is 217 Å². The van der Waals surface area contributed by atoms with Crippen LogP contribution in [0.5, 0.6) is 11.5 Å². The van der Waals surface area contributed by atoms with E-state index in [-0.39, 0.29) is 24.3 Å². The van der Waals surface area contributed by atoms with Gasteiger partial charge in [-0.3, -0.25) is 9.59 Å². The fraction of sp³-hybridized carbons (Fsp3) is 0.333. The molecule has 194 valence electrons. The summed E-state index contributed by atoms with van der Waals surface area (Å²) in [5, 5.41) is 30.1. The molecule has 0 aliphatic heterocycles. The van der Waals surface area contributed by atoms with Gasteiger partial charge in [0, 0.05) is 37.4 Å². The Hall–Kier alpha value is -3.38. The first kappa shape index (κ1) is 28.9. The smallest absolute Gasteiger partial charge is 0.269 e. The monoisotopic (exact) mass is 534 g/mol. The molecule has 36 heavy (non-hydrogen) atoms. The van der Waals surface area contributed by atoms with Gasteiger partial charge in [-0.15, -0.1) is 0 Å². The van der Waals surface area contributed by atoms with E-state index in [2.05, 4.69) is 20.9 Å². The van der Waals surface area contributed by atoms with Crippen LogP contribution < -0.4 is 20.1 Å². The van der Waals surface area contributed by atoms with E-state index in [1.165, 1.54) is 21.6 Å². The van der Waals surface area contributed by atoms with Crippen LogP contribution in [0, 0.1) is 0 Å². The van der Waals surface area contributed by atoms with Gasteiger partial charge in [0.2, 0.25) is 0 Å². The summed E-state index contributed by atoms with van der Waals surface area (Å²) in [6.45, 7) is 0.793. The summed E-state index contributed by atoms with van der Waals surface area (Å²) in [5.41, 5.74) is 1.70. The molecule has 0 radical (unpaired) electrons. The van der Waals surface area contributed by atoms with E-state index in [0.29, 0.717) is 36.1 Å². The molecule has 4 N–H and O–H groups in total. The molecule has 0 saturated carbocycles. The first-order chi connectivity index (χ1) is 17.5. The number of nitrogens with one attached hydrogen (secondary N) is 2. The molecule has 0 saturated heterocycles. The normalized spacial score (nSPS) is 11.6. The van der Waals surface area contributed by atoms with Crippen LogP contribution >= 0.6 is 21.6 Å². The predicted octanol–water partition coefficient (Wildman–Crippen LogP) is 2.76. The molecule has 12 heteroatoms. The van der Waals surface area contributed by atoms with E-state index in [1.54, 1.807) is 62.8 Å². The van der Waals surface area contributed by atoms with Crippen molar-refractivity contribution in [2.45, 2.75) is 12.8 Å². The van der Waals surface area contributed by atoms with Crippen LogP contribution in [0.1, 0.15) is 11.1 Å². The average molecular weight is 535 g/mol. The van der Waals surface area contributed by atoms with Crippen molar-refractivity contribution in [2.75, 3.05) is 38.8 Å². The molecule has 2 amide bonds. The summed E-state index contributed by atoms with van der Waals surface area (Å²) in [6.07, 6.45) is 0.400. The van der Waals surface area contributed by atoms with Gasteiger partial charge in [-0.1, -0.05) is 56.2 Å². The molecule has 2 aromatic rings. The molecule has 0 unspecified atom stereocenters. The van der Waals surface area contributed by atoms with Crippen molar-refractivity contribution in [3.05, 3.63) is 59.7 Å². The number of amides is 2. The van der Waals surface area contributed by atoms with Crippen LogP contribution in [0.4, 0.5) is 0 Å². The Balaban J connectivity index is 1.59. The van der Waals surface area contributed by atoms with Gasteiger partial charge in [0.05, 0.1) is 14.2 Å². The number of hydrogen-bond donors (Lipinski definition) is 4. The third kappa shape index (κ3) is 10.1. The van der Waals surface area contributed by atoms with Gasteiger partial charge in [-0.05, 0) is 35.4 Å². The number of carbonyl (C=O) groups is 2. The van der Waals surface area contributed by atoms with Gasteiger partial charge in [-0.25, -0.2) is 0 Å². The minimum Gasteiger partial charge on any atom is -0.497 e. The highest BCUT2D eigenvalue weighted by atomic mass is 33.1. The SMILES string of the molecule is COc1ccc(C/C(=N\O)C(=O)NCCSSCCNC(=O)/C(Cc2ccc(OC)cc2)=N/O)cc1. The highest BCUT2D eigenvalue weighted by Crippen LogP contribution is 2.19. The standard InChI is InChI=1S/C24H30N4O6S2/c1-33-19-7-3-17(4-8-19)15-21(27-31)23(29)25-11-13-35-36-14-12-26-24(30)22(28-32)16-18-5-9-20(34-2)10-6-18/h3-10,31-32H,11-16H2,1-2H3,(H,25,29)(H,26,30)/b27-21+,28-22+. The van der Waals surface area contributed by atoms with Crippen LogP contribution in [-0.4, -0.2) is 72.5 Å². The molecule has 0 aromatic heterocycles. The average Bonchev–Trinajstić information content (AvgIpc) is 2.92. The zero-order valence-electron chi connectivity index (χ0n) is 20.1. The van der Waals surface area contributed by atoms with Crippen molar-refractivity contribution >= 4 is 44.8 Å². The predicted molar refractivity (Wildman–Crippen MR) is 143 cm³/mol. The molecule has 0 bridgehead atoms. The fourth-order valence-electron chi connectivity index (χ4n) is 2.93. The molecule has 0 spiro atoms. The molecule has 0 aliphatic rings. The van der Waals surface area contributed by atoms with Crippen molar-refractivity contribution in [3.8, 4) is 11.5 Å². The van der Waals surface area contributed by atoms with Crippen molar-refractivity contribution in [3.63, 3.8) is 0 Å². The second kappa shape index (κ2) is 16.3. The zero-order valence-corrected chi connectivity index (χ0v) is 21.7. The Kier molecular flexibility index (Phi) is 13.1. The highest BCUT2D eigenvalue weighted by Gasteiger charge is 2.14. The van der Waals surface area contributed by atoms with E-state index < -0.39 is 11.8 Å². The van der Waals surface area contributed by atoms with Crippen molar-refractivity contribution in [2.24, 2.45) is 10.3 Å². The van der Waals surface area contributed by atoms with Crippen LogP contribution in [0.25, 0.3) is 0 Å². The minimum atomic E-state index is -0.432. The molecular formula is C24H30N4O6S2. The Morgan fingerprint density at radius 2 is 1.08 bits per heavy atom. The van der Waals surface area contributed by atoms with E-state index >= 15 is 0 Å². The second-order valence-corrected chi connectivity index (χ2v) is 10.0. The van der Waals surface area contributed by atoms with Gasteiger partial charge < -0.3 is 30.5 Å². The minimum absolute atomic E-state index is 0.0246. The number of carbonyl (C=O) groups excluding carboxylic acids is 2. The van der Waals surface area contributed by atoms with Crippen LogP contribution in [0.3, 0.4) is 0 Å².